The van der Waals surface area contributed by atoms with E-state index in [9.17, 15) is 4.79 Å². The van der Waals surface area contributed by atoms with Crippen LogP contribution in [0, 0.1) is 0 Å². The summed E-state index contributed by atoms with van der Waals surface area (Å²) in [7, 11) is 0. The van der Waals surface area contributed by atoms with Crippen LogP contribution < -0.4 is 10.6 Å². The van der Waals surface area contributed by atoms with Crippen molar-refractivity contribution in [3.8, 4) is 0 Å². The molecule has 0 aromatic carbocycles. The molecule has 1 aliphatic heterocycles. The standard InChI is InChI=1S/C11H16N2O2S.ClH/c1-16-10-3-2-9(15-10)11(14)13-8-4-6-12-7-5-8;/h2-3,8,12H,4-7H2,1H3,(H,13,14);1H. The number of hydrogen-bond acceptors (Lipinski definition) is 4. The second-order valence-corrected chi connectivity index (χ2v) is 4.63. The monoisotopic (exact) mass is 276 g/mol. The van der Waals surface area contributed by atoms with E-state index in [1.807, 2.05) is 12.3 Å². The Kier molecular flexibility index (Phi) is 5.88. The maximum Gasteiger partial charge on any atom is 0.287 e. The van der Waals surface area contributed by atoms with Crippen LogP contribution >= 0.6 is 24.2 Å². The molecule has 2 rings (SSSR count). The van der Waals surface area contributed by atoms with Gasteiger partial charge in [-0.25, -0.2) is 0 Å². The molecule has 0 radical (unpaired) electrons. The molecule has 1 aromatic rings. The van der Waals surface area contributed by atoms with Gasteiger partial charge in [0.25, 0.3) is 5.91 Å². The van der Waals surface area contributed by atoms with Gasteiger partial charge in [-0.3, -0.25) is 4.79 Å². The molecule has 1 saturated heterocycles. The molecule has 0 bridgehead atoms. The van der Waals surface area contributed by atoms with Crippen molar-refractivity contribution in [1.29, 1.82) is 0 Å². The fourth-order valence-electron chi connectivity index (χ4n) is 1.77. The molecule has 1 amide bonds. The zero-order valence-corrected chi connectivity index (χ0v) is 11.3. The molecule has 0 saturated carbocycles. The summed E-state index contributed by atoms with van der Waals surface area (Å²) in [6.45, 7) is 1.94. The Morgan fingerprint density at radius 1 is 1.47 bits per heavy atom. The Balaban J connectivity index is 0.00000144. The maximum absolute atomic E-state index is 11.8. The summed E-state index contributed by atoms with van der Waals surface area (Å²) < 4.78 is 5.37. The van der Waals surface area contributed by atoms with Gasteiger partial charge in [0.1, 0.15) is 0 Å². The van der Waals surface area contributed by atoms with Crippen LogP contribution in [0.1, 0.15) is 23.4 Å². The highest BCUT2D eigenvalue weighted by Gasteiger charge is 2.18. The number of carbonyl (C=O) groups is 1. The van der Waals surface area contributed by atoms with Gasteiger partial charge >= 0.3 is 0 Å². The van der Waals surface area contributed by atoms with Crippen LogP contribution in [0.3, 0.4) is 0 Å². The van der Waals surface area contributed by atoms with E-state index >= 15 is 0 Å². The molecular formula is C11H17ClN2O2S. The van der Waals surface area contributed by atoms with Crippen LogP contribution in [0.2, 0.25) is 0 Å². The summed E-state index contributed by atoms with van der Waals surface area (Å²) in [5, 5.41) is 7.03. The number of carbonyl (C=O) groups excluding carboxylic acids is 1. The Bertz CT molecular complexity index is 364. The first-order valence-electron chi connectivity index (χ1n) is 5.45. The predicted octanol–water partition coefficient (Wildman–Crippen LogP) is 1.91. The summed E-state index contributed by atoms with van der Waals surface area (Å²) >= 11 is 1.50. The van der Waals surface area contributed by atoms with E-state index in [1.165, 1.54) is 11.8 Å². The Hall–Kier alpha value is -0.650. The lowest BCUT2D eigenvalue weighted by Crippen LogP contribution is -2.42. The van der Waals surface area contributed by atoms with Gasteiger partial charge in [-0.1, -0.05) is 11.8 Å². The van der Waals surface area contributed by atoms with E-state index in [-0.39, 0.29) is 24.4 Å². The van der Waals surface area contributed by atoms with Gasteiger partial charge in [-0.2, -0.15) is 0 Å². The third kappa shape index (κ3) is 3.94. The van der Waals surface area contributed by atoms with Gasteiger partial charge in [0, 0.05) is 6.04 Å². The van der Waals surface area contributed by atoms with Gasteiger partial charge in [0.05, 0.1) is 0 Å². The molecule has 1 aromatic heterocycles. The van der Waals surface area contributed by atoms with E-state index in [4.69, 9.17) is 4.42 Å². The van der Waals surface area contributed by atoms with Crippen molar-refractivity contribution < 1.29 is 9.21 Å². The Labute approximate surface area is 111 Å². The van der Waals surface area contributed by atoms with Crippen molar-refractivity contribution in [2.45, 2.75) is 24.0 Å². The van der Waals surface area contributed by atoms with Crippen LogP contribution in [-0.4, -0.2) is 31.3 Å². The molecule has 2 N–H and O–H groups in total. The first kappa shape index (κ1) is 14.4. The number of rotatable bonds is 3. The van der Waals surface area contributed by atoms with E-state index in [1.54, 1.807) is 6.07 Å². The van der Waals surface area contributed by atoms with Crippen molar-refractivity contribution >= 4 is 30.1 Å². The van der Waals surface area contributed by atoms with Crippen molar-refractivity contribution in [3.63, 3.8) is 0 Å². The number of hydrogen-bond donors (Lipinski definition) is 2. The largest absolute Gasteiger partial charge is 0.445 e. The highest BCUT2D eigenvalue weighted by atomic mass is 35.5. The van der Waals surface area contributed by atoms with Crippen LogP contribution in [0.15, 0.2) is 21.6 Å². The van der Waals surface area contributed by atoms with Gasteiger partial charge < -0.3 is 15.1 Å². The van der Waals surface area contributed by atoms with E-state index < -0.39 is 0 Å². The summed E-state index contributed by atoms with van der Waals surface area (Å²) in [5.74, 6) is 0.301. The number of piperidine rings is 1. The minimum absolute atomic E-state index is 0. The van der Waals surface area contributed by atoms with E-state index in [2.05, 4.69) is 10.6 Å². The second-order valence-electron chi connectivity index (χ2n) is 3.82. The van der Waals surface area contributed by atoms with Crippen molar-refractivity contribution in [1.82, 2.24) is 10.6 Å². The quantitative estimate of drug-likeness (QED) is 0.828. The van der Waals surface area contributed by atoms with Gasteiger partial charge in [0.2, 0.25) is 0 Å². The number of halogens is 1. The average Bonchev–Trinajstić information content (AvgIpc) is 2.79. The lowest BCUT2D eigenvalue weighted by atomic mass is 10.1. The first-order valence-corrected chi connectivity index (χ1v) is 6.67. The van der Waals surface area contributed by atoms with Crippen LogP contribution in [0.5, 0.6) is 0 Å². The van der Waals surface area contributed by atoms with Crippen LogP contribution in [0.25, 0.3) is 0 Å². The van der Waals surface area contributed by atoms with Crippen molar-refractivity contribution in [3.05, 3.63) is 17.9 Å². The normalized spacial score (nSPS) is 16.3. The molecule has 96 valence electrons. The number of amides is 1. The zero-order chi connectivity index (χ0) is 11.4. The minimum Gasteiger partial charge on any atom is -0.445 e. The van der Waals surface area contributed by atoms with Crippen LogP contribution in [-0.2, 0) is 0 Å². The number of thioether (sulfide) groups is 1. The molecule has 2 heterocycles. The summed E-state index contributed by atoms with van der Waals surface area (Å²) in [6.07, 6.45) is 3.90. The molecule has 1 fully saturated rings. The number of nitrogens with one attached hydrogen (secondary N) is 2. The molecule has 0 spiro atoms. The molecule has 17 heavy (non-hydrogen) atoms. The number of furan rings is 1. The lowest BCUT2D eigenvalue weighted by Gasteiger charge is -2.23. The summed E-state index contributed by atoms with van der Waals surface area (Å²) in [4.78, 5) is 11.8. The van der Waals surface area contributed by atoms with E-state index in [0.29, 0.717) is 5.76 Å². The maximum atomic E-state index is 11.8. The Morgan fingerprint density at radius 3 is 2.76 bits per heavy atom. The molecule has 6 heteroatoms. The zero-order valence-electron chi connectivity index (χ0n) is 9.69. The predicted molar refractivity (Wildman–Crippen MR) is 71.1 cm³/mol. The molecular weight excluding hydrogens is 260 g/mol. The second kappa shape index (κ2) is 6.93. The third-order valence-corrected chi connectivity index (χ3v) is 3.30. The fraction of sp³-hybridized carbons (Fsp3) is 0.545. The third-order valence-electron chi connectivity index (χ3n) is 2.68. The van der Waals surface area contributed by atoms with Crippen molar-refractivity contribution in [2.24, 2.45) is 0 Å². The molecule has 0 atom stereocenters. The summed E-state index contributed by atoms with van der Waals surface area (Å²) in [6, 6.07) is 3.82. The molecule has 4 nitrogen and oxygen atoms in total. The summed E-state index contributed by atoms with van der Waals surface area (Å²) in [5.41, 5.74) is 0. The topological polar surface area (TPSA) is 54.3 Å². The average molecular weight is 277 g/mol. The van der Waals surface area contributed by atoms with E-state index in [0.717, 1.165) is 31.0 Å². The molecule has 0 aliphatic carbocycles. The first-order chi connectivity index (χ1) is 7.79. The van der Waals surface area contributed by atoms with Gasteiger partial charge in [0.15, 0.2) is 10.9 Å². The van der Waals surface area contributed by atoms with Gasteiger partial charge in [-0.15, -0.1) is 12.4 Å². The molecule has 0 unspecified atom stereocenters. The smallest absolute Gasteiger partial charge is 0.287 e. The van der Waals surface area contributed by atoms with Gasteiger partial charge in [-0.05, 0) is 44.3 Å². The SMILES string of the molecule is CSc1ccc(C(=O)NC2CCNCC2)o1.Cl. The lowest BCUT2D eigenvalue weighted by molar-refractivity contribution is 0.0896. The van der Waals surface area contributed by atoms with Crippen LogP contribution in [0.4, 0.5) is 0 Å². The Morgan fingerprint density at radius 2 is 2.18 bits per heavy atom. The van der Waals surface area contributed by atoms with Crippen molar-refractivity contribution in [2.75, 3.05) is 19.3 Å². The molecule has 1 aliphatic rings. The highest BCUT2D eigenvalue weighted by molar-refractivity contribution is 7.98. The minimum atomic E-state index is -0.104. The highest BCUT2D eigenvalue weighted by Crippen LogP contribution is 2.18. The fourth-order valence-corrected chi connectivity index (χ4v) is 2.15.